The number of hydrogen-bond acceptors (Lipinski definition) is 4. The second kappa shape index (κ2) is 4.65. The molecule has 0 radical (unpaired) electrons. The van der Waals surface area contributed by atoms with E-state index in [0.29, 0.717) is 5.15 Å². The minimum atomic E-state index is 0.00837. The molecule has 1 aliphatic rings. The van der Waals surface area contributed by atoms with Gasteiger partial charge in [-0.1, -0.05) is 11.6 Å². The molecule has 1 saturated heterocycles. The van der Waals surface area contributed by atoms with Gasteiger partial charge in [0.1, 0.15) is 0 Å². The fraction of sp³-hybridized carbons (Fsp3) is 0.500. The van der Waals surface area contributed by atoms with Crippen molar-refractivity contribution < 1.29 is 4.79 Å². The lowest BCUT2D eigenvalue weighted by Crippen LogP contribution is -2.35. The summed E-state index contributed by atoms with van der Waals surface area (Å²) in [6.07, 6.45) is 0.934. The van der Waals surface area contributed by atoms with Crippen LogP contribution in [0.25, 0.3) is 0 Å². The van der Waals surface area contributed by atoms with Crippen molar-refractivity contribution in [2.24, 2.45) is 0 Å². The molecular formula is C10H13ClN4O. The van der Waals surface area contributed by atoms with Gasteiger partial charge in [0.05, 0.1) is 0 Å². The Balaban J connectivity index is 1.98. The van der Waals surface area contributed by atoms with E-state index in [1.165, 1.54) is 6.92 Å². The molecule has 0 saturated carbocycles. The Kier molecular flexibility index (Phi) is 3.24. The van der Waals surface area contributed by atoms with Crippen molar-refractivity contribution in [2.45, 2.75) is 19.4 Å². The molecule has 1 aromatic rings. The van der Waals surface area contributed by atoms with Gasteiger partial charge < -0.3 is 10.2 Å². The highest BCUT2D eigenvalue weighted by atomic mass is 35.5. The zero-order valence-corrected chi connectivity index (χ0v) is 9.74. The normalized spacial score (nSPS) is 19.9. The van der Waals surface area contributed by atoms with Crippen LogP contribution in [0.3, 0.4) is 0 Å². The molecule has 1 N–H and O–H groups in total. The standard InChI is InChI=1S/C10H13ClN4O/c1-7(16)12-8-4-5-15(6-8)10-3-2-9(11)13-14-10/h2-3,8H,4-6H2,1H3,(H,12,16). The first-order chi connectivity index (χ1) is 7.65. The zero-order chi connectivity index (χ0) is 11.5. The molecule has 2 heterocycles. The molecule has 1 amide bonds. The van der Waals surface area contributed by atoms with E-state index in [-0.39, 0.29) is 11.9 Å². The van der Waals surface area contributed by atoms with E-state index >= 15 is 0 Å². The fourth-order valence-corrected chi connectivity index (χ4v) is 1.95. The van der Waals surface area contributed by atoms with Crippen molar-refractivity contribution >= 4 is 23.3 Å². The summed E-state index contributed by atoms with van der Waals surface area (Å²) in [5, 5.41) is 11.1. The first-order valence-electron chi connectivity index (χ1n) is 5.16. The summed E-state index contributed by atoms with van der Waals surface area (Å²) < 4.78 is 0. The number of nitrogens with zero attached hydrogens (tertiary/aromatic N) is 3. The molecule has 1 atom stereocenters. The molecule has 0 aliphatic carbocycles. The molecule has 1 aliphatic heterocycles. The maximum absolute atomic E-state index is 10.9. The lowest BCUT2D eigenvalue weighted by Gasteiger charge is -2.16. The van der Waals surface area contributed by atoms with E-state index in [2.05, 4.69) is 20.4 Å². The molecule has 86 valence electrons. The van der Waals surface area contributed by atoms with Crippen molar-refractivity contribution in [1.82, 2.24) is 15.5 Å². The highest BCUT2D eigenvalue weighted by Gasteiger charge is 2.23. The second-order valence-electron chi connectivity index (χ2n) is 3.85. The van der Waals surface area contributed by atoms with Crippen LogP contribution >= 0.6 is 11.6 Å². The summed E-state index contributed by atoms with van der Waals surface area (Å²) in [4.78, 5) is 13.0. The molecule has 16 heavy (non-hydrogen) atoms. The molecule has 1 aromatic heterocycles. The molecule has 0 aromatic carbocycles. The Hall–Kier alpha value is -1.36. The zero-order valence-electron chi connectivity index (χ0n) is 8.98. The smallest absolute Gasteiger partial charge is 0.217 e. The third-order valence-corrected chi connectivity index (χ3v) is 2.74. The van der Waals surface area contributed by atoms with E-state index in [1.807, 2.05) is 6.07 Å². The summed E-state index contributed by atoms with van der Waals surface area (Å²) >= 11 is 5.67. The van der Waals surface area contributed by atoms with Crippen LogP contribution in [0.4, 0.5) is 5.82 Å². The molecular weight excluding hydrogens is 228 g/mol. The lowest BCUT2D eigenvalue weighted by molar-refractivity contribution is -0.119. The van der Waals surface area contributed by atoms with Crippen LogP contribution in [0, 0.1) is 0 Å². The van der Waals surface area contributed by atoms with Gasteiger partial charge in [0.2, 0.25) is 5.91 Å². The average molecular weight is 241 g/mol. The number of hydrogen-bond donors (Lipinski definition) is 1. The predicted molar refractivity (Wildman–Crippen MR) is 61.5 cm³/mol. The maximum atomic E-state index is 10.9. The van der Waals surface area contributed by atoms with Gasteiger partial charge in [0.15, 0.2) is 11.0 Å². The van der Waals surface area contributed by atoms with Crippen LogP contribution in [0.1, 0.15) is 13.3 Å². The Morgan fingerprint density at radius 2 is 2.38 bits per heavy atom. The fourth-order valence-electron chi connectivity index (χ4n) is 1.85. The van der Waals surface area contributed by atoms with Crippen LogP contribution in [0.15, 0.2) is 12.1 Å². The number of carbonyl (C=O) groups excluding carboxylic acids is 1. The minimum absolute atomic E-state index is 0.00837. The molecule has 0 bridgehead atoms. The SMILES string of the molecule is CC(=O)NC1CCN(c2ccc(Cl)nn2)C1. The van der Waals surface area contributed by atoms with Gasteiger partial charge in [-0.25, -0.2) is 0 Å². The first-order valence-corrected chi connectivity index (χ1v) is 5.54. The summed E-state index contributed by atoms with van der Waals surface area (Å²) in [5.41, 5.74) is 0. The number of rotatable bonds is 2. The van der Waals surface area contributed by atoms with Gasteiger partial charge in [0, 0.05) is 26.1 Å². The largest absolute Gasteiger partial charge is 0.353 e. The average Bonchev–Trinajstić information content (AvgIpc) is 2.66. The monoisotopic (exact) mass is 240 g/mol. The van der Waals surface area contributed by atoms with E-state index in [0.717, 1.165) is 25.3 Å². The van der Waals surface area contributed by atoms with Crippen molar-refractivity contribution in [3.63, 3.8) is 0 Å². The van der Waals surface area contributed by atoms with Crippen molar-refractivity contribution in [3.8, 4) is 0 Å². The van der Waals surface area contributed by atoms with Gasteiger partial charge in [0.25, 0.3) is 0 Å². The van der Waals surface area contributed by atoms with E-state index in [1.54, 1.807) is 6.07 Å². The van der Waals surface area contributed by atoms with Crippen LogP contribution in [0.5, 0.6) is 0 Å². The Bertz CT molecular complexity index is 381. The number of amides is 1. The number of halogens is 1. The van der Waals surface area contributed by atoms with Gasteiger partial charge in [-0.15, -0.1) is 10.2 Å². The van der Waals surface area contributed by atoms with Crippen molar-refractivity contribution in [2.75, 3.05) is 18.0 Å². The molecule has 0 spiro atoms. The molecule has 1 fully saturated rings. The van der Waals surface area contributed by atoms with E-state index in [4.69, 9.17) is 11.6 Å². The Morgan fingerprint density at radius 3 is 3.00 bits per heavy atom. The minimum Gasteiger partial charge on any atom is -0.353 e. The van der Waals surface area contributed by atoms with Crippen LogP contribution in [-0.2, 0) is 4.79 Å². The van der Waals surface area contributed by atoms with Crippen LogP contribution < -0.4 is 10.2 Å². The molecule has 6 heteroatoms. The third-order valence-electron chi connectivity index (χ3n) is 2.54. The highest BCUT2D eigenvalue weighted by Crippen LogP contribution is 2.18. The van der Waals surface area contributed by atoms with Crippen molar-refractivity contribution in [3.05, 3.63) is 17.3 Å². The van der Waals surface area contributed by atoms with E-state index < -0.39 is 0 Å². The van der Waals surface area contributed by atoms with E-state index in [9.17, 15) is 4.79 Å². The Labute approximate surface area is 98.8 Å². The number of nitrogens with one attached hydrogen (secondary N) is 1. The second-order valence-corrected chi connectivity index (χ2v) is 4.23. The molecule has 1 unspecified atom stereocenters. The topological polar surface area (TPSA) is 58.1 Å². The van der Waals surface area contributed by atoms with Gasteiger partial charge in [-0.2, -0.15) is 0 Å². The third kappa shape index (κ3) is 2.61. The summed E-state index contributed by atoms with van der Waals surface area (Å²) in [6.45, 7) is 3.18. The number of aromatic nitrogens is 2. The molecule has 5 nitrogen and oxygen atoms in total. The number of anilines is 1. The van der Waals surface area contributed by atoms with Crippen LogP contribution in [-0.4, -0.2) is 35.2 Å². The lowest BCUT2D eigenvalue weighted by atomic mass is 10.3. The summed E-state index contributed by atoms with van der Waals surface area (Å²) in [6, 6.07) is 3.76. The van der Waals surface area contributed by atoms with Gasteiger partial charge >= 0.3 is 0 Å². The first kappa shape index (κ1) is 11.1. The van der Waals surface area contributed by atoms with Gasteiger partial charge in [-0.05, 0) is 18.6 Å². The Morgan fingerprint density at radius 1 is 1.56 bits per heavy atom. The van der Waals surface area contributed by atoms with Crippen LogP contribution in [0.2, 0.25) is 5.15 Å². The maximum Gasteiger partial charge on any atom is 0.217 e. The number of carbonyl (C=O) groups is 1. The molecule has 2 rings (SSSR count). The quantitative estimate of drug-likeness (QED) is 0.833. The summed E-state index contributed by atoms with van der Waals surface area (Å²) in [5.74, 6) is 0.811. The highest BCUT2D eigenvalue weighted by molar-refractivity contribution is 6.29. The van der Waals surface area contributed by atoms with Crippen molar-refractivity contribution in [1.29, 1.82) is 0 Å². The summed E-state index contributed by atoms with van der Waals surface area (Å²) in [7, 11) is 0. The predicted octanol–water partition coefficient (Wildman–Crippen LogP) is 0.845. The van der Waals surface area contributed by atoms with Gasteiger partial charge in [-0.3, -0.25) is 4.79 Å².